The summed E-state index contributed by atoms with van der Waals surface area (Å²) in [7, 11) is 0. The van der Waals surface area contributed by atoms with Crippen LogP contribution < -0.4 is 10.2 Å². The molecule has 1 aliphatic carbocycles. The molecular formula is C20H19N3O5. The van der Waals surface area contributed by atoms with Gasteiger partial charge in [0.25, 0.3) is 11.6 Å². The number of nitrogens with zero attached hydrogens (tertiary/aromatic N) is 2. The molecule has 1 aromatic carbocycles. The van der Waals surface area contributed by atoms with E-state index in [1.165, 1.54) is 6.07 Å². The molecular weight excluding hydrogens is 362 g/mol. The van der Waals surface area contributed by atoms with Crippen molar-refractivity contribution in [1.82, 2.24) is 5.32 Å². The first-order valence-corrected chi connectivity index (χ1v) is 8.99. The van der Waals surface area contributed by atoms with E-state index in [9.17, 15) is 14.9 Å². The standard InChI is InChI=1S/C20H19N3O5/c24-20(21-15-6-7-15)14-5-8-18(19(11-14)23(25)26)22(12-16-3-1-9-27-16)13-17-4-2-10-28-17/h1-5,8-11,15H,6-7,12-13H2,(H,21,24). The molecule has 3 aromatic rings. The highest BCUT2D eigenvalue weighted by atomic mass is 16.6. The summed E-state index contributed by atoms with van der Waals surface area (Å²) >= 11 is 0. The minimum absolute atomic E-state index is 0.137. The van der Waals surface area contributed by atoms with Crippen LogP contribution in [0.1, 0.15) is 34.7 Å². The number of carbonyl (C=O) groups excluding carboxylic acids is 1. The summed E-state index contributed by atoms with van der Waals surface area (Å²) < 4.78 is 10.8. The zero-order valence-corrected chi connectivity index (χ0v) is 15.0. The Bertz CT molecular complexity index is 926. The first kappa shape index (κ1) is 17.8. The van der Waals surface area contributed by atoms with Crippen LogP contribution in [0.3, 0.4) is 0 Å². The van der Waals surface area contributed by atoms with E-state index in [4.69, 9.17) is 8.83 Å². The summed E-state index contributed by atoms with van der Waals surface area (Å²) in [6, 6.07) is 11.9. The van der Waals surface area contributed by atoms with Gasteiger partial charge in [-0.25, -0.2) is 0 Å². The van der Waals surface area contributed by atoms with Gasteiger partial charge in [-0.2, -0.15) is 0 Å². The fourth-order valence-electron chi connectivity index (χ4n) is 2.98. The highest BCUT2D eigenvalue weighted by molar-refractivity contribution is 5.96. The van der Waals surface area contributed by atoms with E-state index < -0.39 is 4.92 Å². The number of nitro benzene ring substituents is 1. The van der Waals surface area contributed by atoms with Crippen molar-refractivity contribution in [1.29, 1.82) is 0 Å². The maximum atomic E-state index is 12.3. The molecule has 1 fully saturated rings. The first-order chi connectivity index (χ1) is 13.6. The van der Waals surface area contributed by atoms with Gasteiger partial charge < -0.3 is 19.1 Å². The van der Waals surface area contributed by atoms with E-state index in [2.05, 4.69) is 5.32 Å². The number of furan rings is 2. The Morgan fingerprint density at radius 2 is 1.75 bits per heavy atom. The molecule has 0 bridgehead atoms. The van der Waals surface area contributed by atoms with E-state index >= 15 is 0 Å². The van der Waals surface area contributed by atoms with Crippen molar-refractivity contribution < 1.29 is 18.6 Å². The minimum Gasteiger partial charge on any atom is -0.467 e. The van der Waals surface area contributed by atoms with Gasteiger partial charge in [0.1, 0.15) is 17.2 Å². The molecule has 0 atom stereocenters. The van der Waals surface area contributed by atoms with Gasteiger partial charge in [-0.1, -0.05) is 0 Å². The van der Waals surface area contributed by atoms with Crippen molar-refractivity contribution in [3.63, 3.8) is 0 Å². The number of nitro groups is 1. The molecule has 8 nitrogen and oxygen atoms in total. The Morgan fingerprint density at radius 3 is 2.25 bits per heavy atom. The summed E-state index contributed by atoms with van der Waals surface area (Å²) in [6.45, 7) is 0.643. The van der Waals surface area contributed by atoms with Crippen molar-refractivity contribution in [3.05, 3.63) is 82.2 Å². The highest BCUT2D eigenvalue weighted by Crippen LogP contribution is 2.32. The molecule has 0 spiro atoms. The Hall–Kier alpha value is -3.55. The predicted octanol–water partition coefficient (Wildman–Crippen LogP) is 3.88. The first-order valence-electron chi connectivity index (χ1n) is 8.99. The Morgan fingerprint density at radius 1 is 1.11 bits per heavy atom. The maximum absolute atomic E-state index is 12.3. The van der Waals surface area contributed by atoms with Crippen LogP contribution in [-0.2, 0) is 13.1 Å². The zero-order chi connectivity index (χ0) is 19.5. The van der Waals surface area contributed by atoms with E-state index in [1.54, 1.807) is 53.8 Å². The molecule has 1 N–H and O–H groups in total. The summed E-state index contributed by atoms with van der Waals surface area (Å²) in [5.74, 6) is 1.04. The van der Waals surface area contributed by atoms with Gasteiger partial charge in [-0.3, -0.25) is 14.9 Å². The lowest BCUT2D eigenvalue weighted by atomic mass is 10.1. The van der Waals surface area contributed by atoms with Gasteiger partial charge in [-0.15, -0.1) is 0 Å². The van der Waals surface area contributed by atoms with Gasteiger partial charge in [0, 0.05) is 17.7 Å². The van der Waals surface area contributed by atoms with E-state index in [-0.39, 0.29) is 23.2 Å². The Labute approximate surface area is 160 Å². The monoisotopic (exact) mass is 381 g/mol. The quantitative estimate of drug-likeness (QED) is 0.469. The van der Waals surface area contributed by atoms with Gasteiger partial charge in [0.15, 0.2) is 0 Å². The van der Waals surface area contributed by atoms with Crippen LogP contribution in [0, 0.1) is 10.1 Å². The zero-order valence-electron chi connectivity index (χ0n) is 15.0. The molecule has 28 heavy (non-hydrogen) atoms. The van der Waals surface area contributed by atoms with Crippen LogP contribution in [-0.4, -0.2) is 16.9 Å². The highest BCUT2D eigenvalue weighted by Gasteiger charge is 2.27. The van der Waals surface area contributed by atoms with Gasteiger partial charge in [0.05, 0.1) is 30.5 Å². The molecule has 4 rings (SSSR count). The van der Waals surface area contributed by atoms with Crippen molar-refractivity contribution >= 4 is 17.3 Å². The maximum Gasteiger partial charge on any atom is 0.293 e. The second kappa shape index (κ2) is 7.59. The molecule has 1 saturated carbocycles. The van der Waals surface area contributed by atoms with E-state index in [0.717, 1.165) is 12.8 Å². The lowest BCUT2D eigenvalue weighted by molar-refractivity contribution is -0.384. The fraction of sp³-hybridized carbons (Fsp3) is 0.250. The second-order valence-electron chi connectivity index (χ2n) is 6.72. The largest absolute Gasteiger partial charge is 0.467 e. The van der Waals surface area contributed by atoms with Crippen LogP contribution in [0.2, 0.25) is 0 Å². The Kier molecular flexibility index (Phi) is 4.84. The summed E-state index contributed by atoms with van der Waals surface area (Å²) in [5.41, 5.74) is 0.528. The smallest absolute Gasteiger partial charge is 0.293 e. The average Bonchev–Trinajstić information content (AvgIpc) is 3.12. The van der Waals surface area contributed by atoms with Gasteiger partial charge in [0.2, 0.25) is 0 Å². The lowest BCUT2D eigenvalue weighted by Crippen LogP contribution is -2.26. The molecule has 0 saturated heterocycles. The van der Waals surface area contributed by atoms with Gasteiger partial charge in [-0.05, 0) is 49.2 Å². The third-order valence-corrected chi connectivity index (χ3v) is 4.54. The molecule has 8 heteroatoms. The number of anilines is 1. The fourth-order valence-corrected chi connectivity index (χ4v) is 2.98. The summed E-state index contributed by atoms with van der Waals surface area (Å²) in [5, 5.41) is 14.6. The number of benzene rings is 1. The molecule has 1 amide bonds. The van der Waals surface area contributed by atoms with Crippen molar-refractivity contribution in [2.45, 2.75) is 32.0 Å². The van der Waals surface area contributed by atoms with Crippen LogP contribution in [0.4, 0.5) is 11.4 Å². The minimum atomic E-state index is -0.472. The van der Waals surface area contributed by atoms with Crippen LogP contribution in [0.15, 0.2) is 63.8 Å². The molecule has 2 heterocycles. The normalized spacial score (nSPS) is 13.3. The molecule has 0 radical (unpaired) electrons. The average molecular weight is 381 g/mol. The molecule has 0 unspecified atom stereocenters. The van der Waals surface area contributed by atoms with Crippen molar-refractivity contribution in [2.75, 3.05) is 4.90 Å². The molecule has 0 aliphatic heterocycles. The number of amides is 1. The molecule has 2 aromatic heterocycles. The number of rotatable bonds is 8. The van der Waals surface area contributed by atoms with Gasteiger partial charge >= 0.3 is 0 Å². The lowest BCUT2D eigenvalue weighted by Gasteiger charge is -2.23. The summed E-state index contributed by atoms with van der Waals surface area (Å²) in [6.07, 6.45) is 5.01. The number of nitrogens with one attached hydrogen (secondary N) is 1. The third-order valence-electron chi connectivity index (χ3n) is 4.54. The van der Waals surface area contributed by atoms with Crippen LogP contribution >= 0.6 is 0 Å². The number of carbonyl (C=O) groups is 1. The van der Waals surface area contributed by atoms with Crippen molar-refractivity contribution in [3.8, 4) is 0 Å². The second-order valence-corrected chi connectivity index (χ2v) is 6.72. The number of hydrogen-bond acceptors (Lipinski definition) is 6. The predicted molar refractivity (Wildman–Crippen MR) is 101 cm³/mol. The molecule has 144 valence electrons. The Balaban J connectivity index is 1.66. The van der Waals surface area contributed by atoms with E-state index in [1.807, 2.05) is 0 Å². The van der Waals surface area contributed by atoms with E-state index in [0.29, 0.717) is 30.3 Å². The summed E-state index contributed by atoms with van der Waals surface area (Å²) in [4.78, 5) is 25.3. The number of hydrogen-bond donors (Lipinski definition) is 1. The topological polar surface area (TPSA) is 102 Å². The van der Waals surface area contributed by atoms with Crippen molar-refractivity contribution in [2.24, 2.45) is 0 Å². The molecule has 1 aliphatic rings. The van der Waals surface area contributed by atoms with Crippen LogP contribution in [0.5, 0.6) is 0 Å². The SMILES string of the molecule is O=C(NC1CC1)c1ccc(N(Cc2ccco2)Cc2ccco2)c([N+](=O)[O-])c1. The van der Waals surface area contributed by atoms with Crippen LogP contribution in [0.25, 0.3) is 0 Å². The third kappa shape index (κ3) is 4.06.